The van der Waals surface area contributed by atoms with Crippen LogP contribution in [0.1, 0.15) is 21.7 Å². The number of rotatable bonds is 5. The molecular formula is C13H14FN3O2. The van der Waals surface area contributed by atoms with Gasteiger partial charge in [-0.1, -0.05) is 0 Å². The van der Waals surface area contributed by atoms with E-state index in [4.69, 9.17) is 10.5 Å². The largest absolute Gasteiger partial charge is 0.493 e. The second-order valence-corrected chi connectivity index (χ2v) is 4.15. The highest BCUT2D eigenvalue weighted by Gasteiger charge is 2.06. The number of halogens is 1. The van der Waals surface area contributed by atoms with Crippen LogP contribution in [-0.4, -0.2) is 22.7 Å². The van der Waals surface area contributed by atoms with Gasteiger partial charge < -0.3 is 10.5 Å². The molecule has 1 aromatic carbocycles. The summed E-state index contributed by atoms with van der Waals surface area (Å²) in [6, 6.07) is 5.94. The lowest BCUT2D eigenvalue weighted by Gasteiger charge is -2.08. The molecule has 0 unspecified atom stereocenters. The number of ether oxygens (including phenoxy) is 1. The highest BCUT2D eigenvalue weighted by Crippen LogP contribution is 2.18. The molecule has 6 heteroatoms. The third-order valence-corrected chi connectivity index (χ3v) is 2.65. The Morgan fingerprint density at radius 2 is 2.26 bits per heavy atom. The fraction of sp³-hybridized carbons (Fsp3) is 0.231. The molecule has 0 saturated carbocycles. The number of hydrogen-bond acceptors (Lipinski definition) is 3. The number of amides is 1. The molecule has 0 saturated heterocycles. The van der Waals surface area contributed by atoms with Crippen LogP contribution >= 0.6 is 0 Å². The number of aryl methyl sites for hydroxylation is 1. The van der Waals surface area contributed by atoms with Gasteiger partial charge in [-0.05, 0) is 36.8 Å². The topological polar surface area (TPSA) is 81.0 Å². The molecule has 0 bridgehead atoms. The highest BCUT2D eigenvalue weighted by atomic mass is 19.1. The van der Waals surface area contributed by atoms with Crippen molar-refractivity contribution in [3.8, 4) is 5.75 Å². The highest BCUT2D eigenvalue weighted by molar-refractivity contribution is 5.90. The molecule has 2 aromatic rings. The second kappa shape index (κ2) is 5.51. The van der Waals surface area contributed by atoms with E-state index in [1.54, 1.807) is 19.1 Å². The molecule has 0 fully saturated rings. The molecule has 0 aliphatic rings. The molecule has 0 spiro atoms. The Hall–Kier alpha value is -2.37. The number of aromatic nitrogens is 2. The van der Waals surface area contributed by atoms with E-state index in [0.717, 1.165) is 11.3 Å². The van der Waals surface area contributed by atoms with Crippen LogP contribution in [0.3, 0.4) is 0 Å². The first-order chi connectivity index (χ1) is 9.06. The van der Waals surface area contributed by atoms with E-state index in [9.17, 15) is 9.18 Å². The van der Waals surface area contributed by atoms with Crippen molar-refractivity contribution >= 4 is 5.91 Å². The van der Waals surface area contributed by atoms with Gasteiger partial charge in [-0.3, -0.25) is 9.89 Å². The Bertz CT molecular complexity index is 595. The predicted octanol–water partition coefficient (Wildman–Crippen LogP) is 1.58. The Morgan fingerprint density at radius 3 is 2.89 bits per heavy atom. The summed E-state index contributed by atoms with van der Waals surface area (Å²) in [6.45, 7) is 2.17. The van der Waals surface area contributed by atoms with Crippen molar-refractivity contribution in [2.24, 2.45) is 5.73 Å². The summed E-state index contributed by atoms with van der Waals surface area (Å²) in [6.07, 6.45) is 0.553. The lowest BCUT2D eigenvalue weighted by Crippen LogP contribution is -2.11. The van der Waals surface area contributed by atoms with Crippen LogP contribution in [0.25, 0.3) is 0 Å². The van der Waals surface area contributed by atoms with Crippen molar-refractivity contribution in [2.75, 3.05) is 6.61 Å². The van der Waals surface area contributed by atoms with Crippen molar-refractivity contribution in [1.29, 1.82) is 0 Å². The number of carbonyl (C=O) groups is 1. The summed E-state index contributed by atoms with van der Waals surface area (Å²) < 4.78 is 18.4. The van der Waals surface area contributed by atoms with Gasteiger partial charge in [0.25, 0.3) is 5.91 Å². The van der Waals surface area contributed by atoms with E-state index in [-0.39, 0.29) is 11.5 Å². The number of nitrogens with one attached hydrogen (secondary N) is 1. The molecule has 1 aromatic heterocycles. The Kier molecular flexibility index (Phi) is 3.79. The molecule has 5 nitrogen and oxygen atoms in total. The SMILES string of the molecule is Cc1cc(F)ccc1OCCc1cc(C(N)=O)n[nH]1. The summed E-state index contributed by atoms with van der Waals surface area (Å²) in [5, 5.41) is 6.47. The minimum Gasteiger partial charge on any atom is -0.493 e. The van der Waals surface area contributed by atoms with Gasteiger partial charge in [0.15, 0.2) is 0 Å². The number of hydrogen-bond donors (Lipinski definition) is 2. The number of H-pyrrole nitrogens is 1. The fourth-order valence-corrected chi connectivity index (χ4v) is 1.66. The Balaban J connectivity index is 1.90. The first-order valence-electron chi connectivity index (χ1n) is 5.79. The van der Waals surface area contributed by atoms with E-state index >= 15 is 0 Å². The third-order valence-electron chi connectivity index (χ3n) is 2.65. The zero-order valence-electron chi connectivity index (χ0n) is 10.4. The van der Waals surface area contributed by atoms with Crippen LogP contribution in [-0.2, 0) is 6.42 Å². The first kappa shape index (κ1) is 13.1. The molecule has 2 rings (SSSR count). The lowest BCUT2D eigenvalue weighted by molar-refractivity contribution is 0.0995. The van der Waals surface area contributed by atoms with Crippen molar-refractivity contribution in [1.82, 2.24) is 10.2 Å². The number of primary amides is 1. The van der Waals surface area contributed by atoms with Gasteiger partial charge in [0, 0.05) is 12.1 Å². The van der Waals surface area contributed by atoms with Gasteiger partial charge in [0.2, 0.25) is 0 Å². The van der Waals surface area contributed by atoms with Gasteiger partial charge in [-0.15, -0.1) is 0 Å². The quantitative estimate of drug-likeness (QED) is 0.859. The standard InChI is InChI=1S/C13H14FN3O2/c1-8-6-9(14)2-3-12(8)19-5-4-10-7-11(13(15)18)17-16-10/h2-3,6-7H,4-5H2,1H3,(H2,15,18)(H,16,17). The maximum absolute atomic E-state index is 12.9. The van der Waals surface area contributed by atoms with Crippen molar-refractivity contribution in [2.45, 2.75) is 13.3 Å². The van der Waals surface area contributed by atoms with Crippen LogP contribution in [0.2, 0.25) is 0 Å². The summed E-state index contributed by atoms with van der Waals surface area (Å²) in [7, 11) is 0. The van der Waals surface area contributed by atoms with Crippen molar-refractivity contribution in [3.05, 3.63) is 47.0 Å². The average molecular weight is 263 g/mol. The molecule has 0 radical (unpaired) electrons. The zero-order chi connectivity index (χ0) is 13.8. The minimum absolute atomic E-state index is 0.202. The van der Waals surface area contributed by atoms with E-state index in [1.807, 2.05) is 0 Å². The maximum atomic E-state index is 12.9. The summed E-state index contributed by atoms with van der Waals surface area (Å²) in [5.74, 6) is -0.224. The summed E-state index contributed by atoms with van der Waals surface area (Å²) in [4.78, 5) is 10.9. The zero-order valence-corrected chi connectivity index (χ0v) is 10.4. The molecule has 100 valence electrons. The van der Waals surface area contributed by atoms with E-state index in [0.29, 0.717) is 18.8 Å². The lowest BCUT2D eigenvalue weighted by atomic mass is 10.2. The summed E-state index contributed by atoms with van der Waals surface area (Å²) in [5.41, 5.74) is 6.79. The number of carbonyl (C=O) groups excluding carboxylic acids is 1. The molecule has 0 aliphatic heterocycles. The number of nitrogens with zero attached hydrogens (tertiary/aromatic N) is 1. The van der Waals surface area contributed by atoms with E-state index in [1.165, 1.54) is 12.1 Å². The maximum Gasteiger partial charge on any atom is 0.269 e. The molecule has 1 amide bonds. The van der Waals surface area contributed by atoms with Gasteiger partial charge in [-0.2, -0.15) is 5.10 Å². The average Bonchev–Trinajstić information content (AvgIpc) is 2.81. The van der Waals surface area contributed by atoms with Crippen LogP contribution < -0.4 is 10.5 Å². The molecule has 3 N–H and O–H groups in total. The van der Waals surface area contributed by atoms with Crippen LogP contribution in [0.5, 0.6) is 5.75 Å². The van der Waals surface area contributed by atoms with Crippen LogP contribution in [0.4, 0.5) is 4.39 Å². The van der Waals surface area contributed by atoms with Gasteiger partial charge >= 0.3 is 0 Å². The van der Waals surface area contributed by atoms with Crippen LogP contribution in [0, 0.1) is 12.7 Å². The predicted molar refractivity (Wildman–Crippen MR) is 67.4 cm³/mol. The van der Waals surface area contributed by atoms with Gasteiger partial charge in [-0.25, -0.2) is 4.39 Å². The van der Waals surface area contributed by atoms with E-state index in [2.05, 4.69) is 10.2 Å². The molecule has 1 heterocycles. The fourth-order valence-electron chi connectivity index (χ4n) is 1.66. The molecule has 0 aliphatic carbocycles. The normalized spacial score (nSPS) is 10.4. The smallest absolute Gasteiger partial charge is 0.269 e. The Labute approximate surface area is 109 Å². The third kappa shape index (κ3) is 3.31. The number of benzene rings is 1. The number of aromatic amines is 1. The van der Waals surface area contributed by atoms with E-state index < -0.39 is 5.91 Å². The Morgan fingerprint density at radius 1 is 1.47 bits per heavy atom. The number of nitrogens with two attached hydrogens (primary N) is 1. The summed E-state index contributed by atoms with van der Waals surface area (Å²) >= 11 is 0. The van der Waals surface area contributed by atoms with Gasteiger partial charge in [0.1, 0.15) is 17.3 Å². The van der Waals surface area contributed by atoms with Crippen molar-refractivity contribution in [3.63, 3.8) is 0 Å². The van der Waals surface area contributed by atoms with Gasteiger partial charge in [0.05, 0.1) is 6.61 Å². The monoisotopic (exact) mass is 263 g/mol. The first-order valence-corrected chi connectivity index (χ1v) is 5.79. The van der Waals surface area contributed by atoms with Crippen molar-refractivity contribution < 1.29 is 13.9 Å². The minimum atomic E-state index is -0.571. The van der Waals surface area contributed by atoms with Crippen LogP contribution in [0.15, 0.2) is 24.3 Å². The molecule has 0 atom stereocenters. The second-order valence-electron chi connectivity index (χ2n) is 4.15. The molecule has 19 heavy (non-hydrogen) atoms. The molecular weight excluding hydrogens is 249 g/mol.